The second-order valence-corrected chi connectivity index (χ2v) is 9.27. The van der Waals surface area contributed by atoms with Gasteiger partial charge in [-0.15, -0.1) is 0 Å². The summed E-state index contributed by atoms with van der Waals surface area (Å²) in [6.07, 6.45) is 5.09. The van der Waals surface area contributed by atoms with Crippen LogP contribution in [0.4, 0.5) is 11.6 Å². The van der Waals surface area contributed by atoms with Crippen LogP contribution in [0.25, 0.3) is 11.0 Å². The van der Waals surface area contributed by atoms with Gasteiger partial charge in [-0.1, -0.05) is 17.6 Å². The lowest BCUT2D eigenvalue weighted by molar-refractivity contribution is 0.0946. The van der Waals surface area contributed by atoms with Crippen molar-refractivity contribution >= 4 is 41.9 Å². The fourth-order valence-corrected chi connectivity index (χ4v) is 4.46. The molecule has 0 atom stereocenters. The molecule has 2 aromatic carbocycles. The number of amides is 1. The van der Waals surface area contributed by atoms with Crippen molar-refractivity contribution in [3.63, 3.8) is 0 Å². The lowest BCUT2D eigenvalue weighted by Crippen LogP contribution is -2.29. The molecule has 4 aromatic rings. The van der Waals surface area contributed by atoms with Crippen molar-refractivity contribution in [2.24, 2.45) is 7.05 Å². The molecular weight excluding hydrogens is 451 g/mol. The number of hydrogen-bond donors (Lipinski definition) is 2. The van der Waals surface area contributed by atoms with Crippen LogP contribution in [-0.4, -0.2) is 59.4 Å². The number of anilines is 2. The number of nitrogens with zero attached hydrogens (tertiary/aromatic N) is 4. The van der Waals surface area contributed by atoms with Crippen LogP contribution in [0.2, 0.25) is 0 Å². The molecule has 0 unspecified atom stereocenters. The van der Waals surface area contributed by atoms with Crippen molar-refractivity contribution in [1.82, 2.24) is 24.8 Å². The summed E-state index contributed by atoms with van der Waals surface area (Å²) in [5.74, 6) is 1.76. The summed E-state index contributed by atoms with van der Waals surface area (Å²) in [5.41, 5.74) is 4.34. The highest BCUT2D eigenvalue weighted by atomic mass is 16.5. The number of nitrogens with one attached hydrogen (secondary N) is 2. The topological polar surface area (TPSA) is 84.3 Å². The molecule has 0 bridgehead atoms. The molecule has 1 aliphatic heterocycles. The molecule has 0 spiro atoms. The number of ether oxygens (including phenoxy) is 1. The number of carbonyl (C=O) groups excluding carboxylic acids is 1. The van der Waals surface area contributed by atoms with Crippen molar-refractivity contribution < 1.29 is 9.53 Å². The quantitative estimate of drug-likeness (QED) is 0.282. The lowest BCUT2D eigenvalue weighted by Gasteiger charge is -2.14. The average Bonchev–Trinajstić information content (AvgIpc) is 3.51. The summed E-state index contributed by atoms with van der Waals surface area (Å²) in [5, 5.41) is 6.34. The van der Waals surface area contributed by atoms with Gasteiger partial charge in [-0.25, -0.2) is 4.98 Å². The van der Waals surface area contributed by atoms with Crippen molar-refractivity contribution in [1.29, 1.82) is 0 Å². The van der Waals surface area contributed by atoms with Crippen LogP contribution in [0.15, 0.2) is 60.8 Å². The van der Waals surface area contributed by atoms with E-state index < -0.39 is 0 Å². The molecule has 184 valence electrons. The first kappa shape index (κ1) is 23.9. The first-order chi connectivity index (χ1) is 17.5. The average molecular weight is 482 g/mol. The largest absolute Gasteiger partial charge is 0.457 e. The maximum atomic E-state index is 12.6. The molecule has 1 saturated heterocycles. The van der Waals surface area contributed by atoms with Gasteiger partial charge in [0.1, 0.15) is 25.0 Å². The van der Waals surface area contributed by atoms with Gasteiger partial charge in [0.2, 0.25) is 5.95 Å². The summed E-state index contributed by atoms with van der Waals surface area (Å²) in [6.45, 7) is 4.00. The van der Waals surface area contributed by atoms with Gasteiger partial charge in [0.05, 0.1) is 11.0 Å². The molecule has 1 amide bonds. The van der Waals surface area contributed by atoms with Crippen LogP contribution in [0.1, 0.15) is 29.8 Å². The molecule has 3 heterocycles. The molecule has 2 N–H and O–H groups in total. The molecule has 9 heteroatoms. The van der Waals surface area contributed by atoms with E-state index in [1.807, 2.05) is 41.9 Å². The Balaban J connectivity index is 1.22. The number of aryl methyl sites for hydroxylation is 1. The molecule has 36 heavy (non-hydrogen) atoms. The fraction of sp³-hybridized carbons (Fsp3) is 0.296. The third-order valence-corrected chi connectivity index (χ3v) is 6.50. The SMILES string of the molecule is Bc1ccc(Nc2nc3cc(Oc4ccnc(C(=O)NCCCN5CCCC5)c4)ccc3n2C)cc1. The number of benzene rings is 2. The molecule has 5 rings (SSSR count). The number of hydrogen-bond acceptors (Lipinski definition) is 6. The summed E-state index contributed by atoms with van der Waals surface area (Å²) in [4.78, 5) is 24.0. The zero-order valence-corrected chi connectivity index (χ0v) is 20.8. The third-order valence-electron chi connectivity index (χ3n) is 6.50. The van der Waals surface area contributed by atoms with Gasteiger partial charge >= 0.3 is 0 Å². The number of likely N-dealkylation sites (tertiary alicyclic amines) is 1. The van der Waals surface area contributed by atoms with Gasteiger partial charge in [-0.2, -0.15) is 0 Å². The fourth-order valence-electron chi connectivity index (χ4n) is 4.46. The maximum absolute atomic E-state index is 12.6. The first-order valence-electron chi connectivity index (χ1n) is 12.5. The number of carbonyl (C=O) groups is 1. The molecule has 0 radical (unpaired) electrons. The van der Waals surface area contributed by atoms with Crippen molar-refractivity contribution in [2.45, 2.75) is 19.3 Å². The normalized spacial score (nSPS) is 13.7. The predicted molar refractivity (Wildman–Crippen MR) is 146 cm³/mol. The molecule has 0 saturated carbocycles. The van der Waals surface area contributed by atoms with Crippen LogP contribution in [0.3, 0.4) is 0 Å². The van der Waals surface area contributed by atoms with E-state index in [1.165, 1.54) is 31.4 Å². The van der Waals surface area contributed by atoms with E-state index >= 15 is 0 Å². The standard InChI is InChI=1S/C27H31BN6O2/c1-33-25-10-9-21(17-23(25)32-27(33)31-20-7-5-19(28)6-8-20)36-22-11-13-29-24(18-22)26(35)30-12-4-16-34-14-2-3-15-34/h5-11,13,17-18H,2-4,12,14-16,28H2,1H3,(H,30,35)(H,31,32). The minimum absolute atomic E-state index is 0.186. The summed E-state index contributed by atoms with van der Waals surface area (Å²) >= 11 is 0. The Morgan fingerprint density at radius 1 is 1.06 bits per heavy atom. The Kier molecular flexibility index (Phi) is 7.18. The molecular formula is C27H31BN6O2. The van der Waals surface area contributed by atoms with Crippen LogP contribution in [0, 0.1) is 0 Å². The highest BCUT2D eigenvalue weighted by Gasteiger charge is 2.13. The van der Waals surface area contributed by atoms with Gasteiger partial charge in [0.25, 0.3) is 5.91 Å². The maximum Gasteiger partial charge on any atom is 0.270 e. The Labute approximate surface area is 212 Å². The van der Waals surface area contributed by atoms with Crippen LogP contribution in [-0.2, 0) is 7.05 Å². The predicted octanol–water partition coefficient (Wildman–Crippen LogP) is 2.98. The van der Waals surface area contributed by atoms with Crippen molar-refractivity contribution in [3.8, 4) is 11.5 Å². The minimum atomic E-state index is -0.186. The van der Waals surface area contributed by atoms with Crippen LogP contribution < -0.4 is 20.8 Å². The highest BCUT2D eigenvalue weighted by Crippen LogP contribution is 2.28. The van der Waals surface area contributed by atoms with Gasteiger partial charge in [0.15, 0.2) is 0 Å². The van der Waals surface area contributed by atoms with E-state index in [4.69, 9.17) is 9.72 Å². The molecule has 1 fully saturated rings. The zero-order chi connectivity index (χ0) is 24.9. The summed E-state index contributed by atoms with van der Waals surface area (Å²) in [7, 11) is 4.04. The van der Waals surface area contributed by atoms with E-state index in [0.29, 0.717) is 23.7 Å². The van der Waals surface area contributed by atoms with Crippen molar-refractivity contribution in [3.05, 3.63) is 66.5 Å². The van der Waals surface area contributed by atoms with Crippen LogP contribution in [0.5, 0.6) is 11.5 Å². The Morgan fingerprint density at radius 2 is 1.83 bits per heavy atom. The Morgan fingerprint density at radius 3 is 2.64 bits per heavy atom. The van der Waals surface area contributed by atoms with Crippen molar-refractivity contribution in [2.75, 3.05) is 31.5 Å². The van der Waals surface area contributed by atoms with Gasteiger partial charge in [0, 0.05) is 37.6 Å². The molecule has 8 nitrogen and oxygen atoms in total. The lowest BCUT2D eigenvalue weighted by atomic mass is 9.96. The van der Waals surface area contributed by atoms with E-state index in [2.05, 4.69) is 40.5 Å². The highest BCUT2D eigenvalue weighted by molar-refractivity contribution is 6.32. The smallest absolute Gasteiger partial charge is 0.270 e. The summed E-state index contributed by atoms with van der Waals surface area (Å²) in [6, 6.07) is 17.4. The molecule has 1 aliphatic rings. The second kappa shape index (κ2) is 10.8. The van der Waals surface area contributed by atoms with E-state index in [9.17, 15) is 4.79 Å². The molecule has 2 aromatic heterocycles. The third kappa shape index (κ3) is 5.68. The number of pyridine rings is 1. The van der Waals surface area contributed by atoms with E-state index in [-0.39, 0.29) is 5.91 Å². The second-order valence-electron chi connectivity index (χ2n) is 9.27. The number of rotatable bonds is 9. The number of imidazole rings is 1. The van der Waals surface area contributed by atoms with Gasteiger partial charge < -0.3 is 24.8 Å². The zero-order valence-electron chi connectivity index (χ0n) is 20.8. The number of fused-ring (bicyclic) bond motifs is 1. The summed E-state index contributed by atoms with van der Waals surface area (Å²) < 4.78 is 8.07. The van der Waals surface area contributed by atoms with Gasteiger partial charge in [-0.3, -0.25) is 9.78 Å². The number of aromatic nitrogens is 3. The monoisotopic (exact) mass is 482 g/mol. The Bertz CT molecular complexity index is 1350. The Hall–Kier alpha value is -3.85. The van der Waals surface area contributed by atoms with E-state index in [0.717, 1.165) is 35.6 Å². The minimum Gasteiger partial charge on any atom is -0.457 e. The van der Waals surface area contributed by atoms with E-state index in [1.54, 1.807) is 18.3 Å². The molecule has 0 aliphatic carbocycles. The first-order valence-corrected chi connectivity index (χ1v) is 12.5. The van der Waals surface area contributed by atoms with Gasteiger partial charge in [-0.05, 0) is 69.2 Å². The van der Waals surface area contributed by atoms with Crippen LogP contribution >= 0.6 is 0 Å².